The first-order valence-electron chi connectivity index (χ1n) is 8.57. The van der Waals surface area contributed by atoms with Crippen LogP contribution in [-0.2, 0) is 4.74 Å². The summed E-state index contributed by atoms with van der Waals surface area (Å²) in [5.74, 6) is 0.812. The van der Waals surface area contributed by atoms with Gasteiger partial charge >= 0.3 is 0 Å². The SMILES string of the molecule is Cc1nnc(-c2cccc(C(=O)NC[C@@H](C)N3CCOC[C@H]3C)c2)o1. The van der Waals surface area contributed by atoms with Gasteiger partial charge in [-0.15, -0.1) is 10.2 Å². The van der Waals surface area contributed by atoms with Crippen LogP contribution in [0.25, 0.3) is 11.5 Å². The van der Waals surface area contributed by atoms with E-state index in [1.54, 1.807) is 19.1 Å². The topological polar surface area (TPSA) is 80.5 Å². The van der Waals surface area contributed by atoms with Crippen molar-refractivity contribution in [3.05, 3.63) is 35.7 Å². The second-order valence-electron chi connectivity index (χ2n) is 6.43. The van der Waals surface area contributed by atoms with Crippen molar-refractivity contribution < 1.29 is 13.9 Å². The smallest absolute Gasteiger partial charge is 0.251 e. The van der Waals surface area contributed by atoms with Crippen molar-refractivity contribution in [1.82, 2.24) is 20.4 Å². The molecule has 1 aromatic heterocycles. The zero-order valence-electron chi connectivity index (χ0n) is 14.9. The fraction of sp³-hybridized carbons (Fsp3) is 0.500. The Hall–Kier alpha value is -2.25. The van der Waals surface area contributed by atoms with E-state index in [9.17, 15) is 4.79 Å². The number of carbonyl (C=O) groups excluding carboxylic acids is 1. The molecule has 3 rings (SSSR count). The summed E-state index contributed by atoms with van der Waals surface area (Å²) < 4.78 is 10.9. The third-order valence-electron chi connectivity index (χ3n) is 4.44. The van der Waals surface area contributed by atoms with Gasteiger partial charge in [0.05, 0.1) is 13.2 Å². The maximum absolute atomic E-state index is 12.5. The van der Waals surface area contributed by atoms with Gasteiger partial charge in [0.2, 0.25) is 11.8 Å². The van der Waals surface area contributed by atoms with Gasteiger partial charge in [0.15, 0.2) is 0 Å². The minimum absolute atomic E-state index is 0.106. The first-order chi connectivity index (χ1) is 12.0. The molecule has 1 aliphatic rings. The van der Waals surface area contributed by atoms with E-state index >= 15 is 0 Å². The van der Waals surface area contributed by atoms with Crippen LogP contribution in [0.4, 0.5) is 0 Å². The summed E-state index contributed by atoms with van der Waals surface area (Å²) >= 11 is 0. The number of nitrogens with zero attached hydrogens (tertiary/aromatic N) is 3. The fourth-order valence-electron chi connectivity index (χ4n) is 3.06. The van der Waals surface area contributed by atoms with Crippen LogP contribution in [0.2, 0.25) is 0 Å². The fourth-order valence-corrected chi connectivity index (χ4v) is 3.06. The van der Waals surface area contributed by atoms with Crippen molar-refractivity contribution in [1.29, 1.82) is 0 Å². The van der Waals surface area contributed by atoms with E-state index in [-0.39, 0.29) is 11.9 Å². The highest BCUT2D eigenvalue weighted by Gasteiger charge is 2.24. The molecule has 1 fully saturated rings. The monoisotopic (exact) mass is 344 g/mol. The Morgan fingerprint density at radius 1 is 1.44 bits per heavy atom. The Morgan fingerprint density at radius 3 is 3.00 bits per heavy atom. The quantitative estimate of drug-likeness (QED) is 0.892. The van der Waals surface area contributed by atoms with Gasteiger partial charge in [-0.2, -0.15) is 0 Å². The molecule has 1 N–H and O–H groups in total. The van der Waals surface area contributed by atoms with Crippen LogP contribution < -0.4 is 5.32 Å². The van der Waals surface area contributed by atoms with Gasteiger partial charge in [-0.05, 0) is 32.0 Å². The predicted molar refractivity (Wildman–Crippen MR) is 93.3 cm³/mol. The molecular weight excluding hydrogens is 320 g/mol. The number of nitrogens with one attached hydrogen (secondary N) is 1. The lowest BCUT2D eigenvalue weighted by atomic mass is 10.1. The molecule has 2 heterocycles. The largest absolute Gasteiger partial charge is 0.421 e. The number of aromatic nitrogens is 2. The number of benzene rings is 1. The van der Waals surface area contributed by atoms with E-state index in [0.717, 1.165) is 25.3 Å². The molecule has 1 aliphatic heterocycles. The van der Waals surface area contributed by atoms with E-state index in [0.29, 0.717) is 29.9 Å². The molecule has 0 bridgehead atoms. The highest BCUT2D eigenvalue weighted by atomic mass is 16.5. The van der Waals surface area contributed by atoms with Crippen molar-refractivity contribution in [3.63, 3.8) is 0 Å². The lowest BCUT2D eigenvalue weighted by Crippen LogP contribution is -2.51. The average molecular weight is 344 g/mol. The molecule has 0 unspecified atom stereocenters. The maximum atomic E-state index is 12.5. The minimum Gasteiger partial charge on any atom is -0.421 e. The third-order valence-corrected chi connectivity index (χ3v) is 4.44. The number of aryl methyl sites for hydroxylation is 1. The summed E-state index contributed by atoms with van der Waals surface area (Å²) in [6, 6.07) is 7.84. The minimum atomic E-state index is -0.106. The number of hydrogen-bond acceptors (Lipinski definition) is 6. The number of morpholine rings is 1. The van der Waals surface area contributed by atoms with Crippen molar-refractivity contribution in [2.75, 3.05) is 26.3 Å². The number of carbonyl (C=O) groups is 1. The first-order valence-corrected chi connectivity index (χ1v) is 8.57. The number of hydrogen-bond donors (Lipinski definition) is 1. The van der Waals surface area contributed by atoms with Crippen molar-refractivity contribution in [2.45, 2.75) is 32.9 Å². The molecule has 0 radical (unpaired) electrons. The van der Waals surface area contributed by atoms with Crippen LogP contribution >= 0.6 is 0 Å². The molecule has 7 nitrogen and oxygen atoms in total. The van der Waals surface area contributed by atoms with Crippen LogP contribution in [0.15, 0.2) is 28.7 Å². The second-order valence-corrected chi connectivity index (χ2v) is 6.43. The molecule has 7 heteroatoms. The summed E-state index contributed by atoms with van der Waals surface area (Å²) in [5, 5.41) is 10.8. The zero-order chi connectivity index (χ0) is 17.8. The average Bonchev–Trinajstić information content (AvgIpc) is 3.06. The molecule has 1 saturated heterocycles. The molecule has 0 aliphatic carbocycles. The van der Waals surface area contributed by atoms with Gasteiger partial charge < -0.3 is 14.5 Å². The number of amides is 1. The molecule has 0 saturated carbocycles. The standard InChI is InChI=1S/C18H24N4O3/c1-12(22-7-8-24-11-13(22)2)10-19-17(23)15-5-4-6-16(9-15)18-21-20-14(3)25-18/h4-6,9,12-13H,7-8,10-11H2,1-3H3,(H,19,23)/t12-,13-/m1/s1. The highest BCUT2D eigenvalue weighted by molar-refractivity contribution is 5.95. The summed E-state index contributed by atoms with van der Waals surface area (Å²) in [6.07, 6.45) is 0. The Labute approximate surface area is 147 Å². The predicted octanol–water partition coefficient (Wildman–Crippen LogP) is 1.88. The van der Waals surface area contributed by atoms with Crippen molar-refractivity contribution >= 4 is 5.91 Å². The molecule has 1 amide bonds. The van der Waals surface area contributed by atoms with Gasteiger partial charge in [0.25, 0.3) is 5.91 Å². The lowest BCUT2D eigenvalue weighted by molar-refractivity contribution is -0.0178. The third kappa shape index (κ3) is 4.24. The summed E-state index contributed by atoms with van der Waals surface area (Å²) in [4.78, 5) is 14.8. The van der Waals surface area contributed by atoms with Crippen LogP contribution in [0, 0.1) is 6.92 Å². The Morgan fingerprint density at radius 2 is 2.28 bits per heavy atom. The van der Waals surface area contributed by atoms with Crippen LogP contribution in [0.5, 0.6) is 0 Å². The van der Waals surface area contributed by atoms with Gasteiger partial charge in [-0.25, -0.2) is 0 Å². The van der Waals surface area contributed by atoms with Crippen LogP contribution in [0.3, 0.4) is 0 Å². The maximum Gasteiger partial charge on any atom is 0.251 e. The van der Waals surface area contributed by atoms with E-state index in [1.807, 2.05) is 12.1 Å². The number of rotatable bonds is 5. The van der Waals surface area contributed by atoms with E-state index in [4.69, 9.17) is 9.15 Å². The van der Waals surface area contributed by atoms with E-state index < -0.39 is 0 Å². The molecule has 2 atom stereocenters. The van der Waals surface area contributed by atoms with E-state index in [1.165, 1.54) is 0 Å². The molecular formula is C18H24N4O3. The van der Waals surface area contributed by atoms with Gasteiger partial charge in [0, 0.05) is 43.2 Å². The molecule has 1 aromatic carbocycles. The Balaban J connectivity index is 1.61. The summed E-state index contributed by atoms with van der Waals surface area (Å²) in [5.41, 5.74) is 1.32. The molecule has 134 valence electrons. The van der Waals surface area contributed by atoms with E-state index in [2.05, 4.69) is 34.3 Å². The van der Waals surface area contributed by atoms with Crippen LogP contribution in [0.1, 0.15) is 30.1 Å². The molecule has 2 aromatic rings. The van der Waals surface area contributed by atoms with Gasteiger partial charge in [-0.3, -0.25) is 9.69 Å². The number of ether oxygens (including phenoxy) is 1. The second kappa shape index (κ2) is 7.76. The van der Waals surface area contributed by atoms with Gasteiger partial charge in [-0.1, -0.05) is 6.07 Å². The lowest BCUT2D eigenvalue weighted by Gasteiger charge is -2.37. The normalized spacial score (nSPS) is 19.6. The Kier molecular flexibility index (Phi) is 5.45. The Bertz CT molecular complexity index is 731. The van der Waals surface area contributed by atoms with Crippen molar-refractivity contribution in [3.8, 4) is 11.5 Å². The van der Waals surface area contributed by atoms with Gasteiger partial charge in [0.1, 0.15) is 0 Å². The first kappa shape index (κ1) is 17.6. The molecule has 0 spiro atoms. The molecule has 25 heavy (non-hydrogen) atoms. The summed E-state index contributed by atoms with van der Waals surface area (Å²) in [7, 11) is 0. The van der Waals surface area contributed by atoms with Crippen LogP contribution in [-0.4, -0.2) is 59.4 Å². The van der Waals surface area contributed by atoms with Crippen molar-refractivity contribution in [2.24, 2.45) is 0 Å². The highest BCUT2D eigenvalue weighted by Crippen LogP contribution is 2.19. The summed E-state index contributed by atoms with van der Waals surface area (Å²) in [6.45, 7) is 8.98. The zero-order valence-corrected chi connectivity index (χ0v) is 14.9.